The fourth-order valence-corrected chi connectivity index (χ4v) is 4.05. The van der Waals surface area contributed by atoms with Crippen molar-refractivity contribution in [3.8, 4) is 17.3 Å². The van der Waals surface area contributed by atoms with Crippen molar-refractivity contribution in [2.75, 3.05) is 4.72 Å². The summed E-state index contributed by atoms with van der Waals surface area (Å²) in [5.74, 6) is -1.16. The Morgan fingerprint density at radius 1 is 1.09 bits per heavy atom. The van der Waals surface area contributed by atoms with Crippen molar-refractivity contribution in [1.82, 2.24) is 24.7 Å². The molecule has 0 radical (unpaired) electrons. The highest BCUT2D eigenvalue weighted by molar-refractivity contribution is 7.93. The van der Waals surface area contributed by atoms with Crippen molar-refractivity contribution in [1.29, 1.82) is 0 Å². The van der Waals surface area contributed by atoms with Crippen LogP contribution in [0.1, 0.15) is 18.3 Å². The zero-order chi connectivity index (χ0) is 24.5. The minimum atomic E-state index is -4.75. The highest BCUT2D eigenvalue weighted by atomic mass is 32.2. The third-order valence-corrected chi connectivity index (χ3v) is 6.46. The van der Waals surface area contributed by atoms with Crippen LogP contribution in [0.3, 0.4) is 0 Å². The van der Waals surface area contributed by atoms with Gasteiger partial charge in [0.2, 0.25) is 21.8 Å². The van der Waals surface area contributed by atoms with Gasteiger partial charge in [-0.2, -0.15) is 13.2 Å². The van der Waals surface area contributed by atoms with Crippen molar-refractivity contribution in [2.45, 2.75) is 24.8 Å². The second-order valence-electron chi connectivity index (χ2n) is 7.15. The predicted molar refractivity (Wildman–Crippen MR) is 112 cm³/mol. The zero-order valence-electron chi connectivity index (χ0n) is 17.4. The number of nitrogens with zero attached hydrogens (tertiary/aromatic N) is 5. The molecular weight excluding hydrogens is 480 g/mol. The summed E-state index contributed by atoms with van der Waals surface area (Å²) in [5, 5.41) is 6.48. The quantitative estimate of drug-likeness (QED) is 0.387. The first-order chi connectivity index (χ1) is 16.1. The molecule has 3 aromatic heterocycles. The number of para-hydroxylation sites is 1. The largest absolute Gasteiger partial charge is 0.461 e. The molecule has 4 aromatic rings. The van der Waals surface area contributed by atoms with Gasteiger partial charge in [0.15, 0.2) is 11.6 Å². The number of nitrogens with one attached hydrogen (secondary N) is 1. The molecule has 0 aliphatic carbocycles. The Balaban J connectivity index is 1.76. The molecule has 3 heterocycles. The molecule has 34 heavy (non-hydrogen) atoms. The van der Waals surface area contributed by atoms with Crippen LogP contribution < -0.4 is 4.72 Å². The number of benzene rings is 1. The Kier molecular flexibility index (Phi) is 6.08. The van der Waals surface area contributed by atoms with Gasteiger partial charge in [0.25, 0.3) is 0 Å². The van der Waals surface area contributed by atoms with Crippen LogP contribution in [0.2, 0.25) is 0 Å². The first-order valence-electron chi connectivity index (χ1n) is 9.70. The summed E-state index contributed by atoms with van der Waals surface area (Å²) >= 11 is 0. The van der Waals surface area contributed by atoms with Crippen molar-refractivity contribution in [3.05, 3.63) is 72.3 Å². The summed E-state index contributed by atoms with van der Waals surface area (Å²) in [6.45, 7) is 1.34. The Bertz CT molecular complexity index is 1390. The van der Waals surface area contributed by atoms with Gasteiger partial charge in [0, 0.05) is 6.42 Å². The van der Waals surface area contributed by atoms with Crippen molar-refractivity contribution >= 4 is 16.0 Å². The Labute approximate surface area is 190 Å². The van der Waals surface area contributed by atoms with E-state index < -0.39 is 44.5 Å². The monoisotopic (exact) mass is 496 g/mol. The van der Waals surface area contributed by atoms with Gasteiger partial charge < -0.3 is 4.42 Å². The van der Waals surface area contributed by atoms with Gasteiger partial charge >= 0.3 is 6.18 Å². The zero-order valence-corrected chi connectivity index (χ0v) is 18.2. The summed E-state index contributed by atoms with van der Waals surface area (Å²) in [4.78, 5) is 7.46. The maximum absolute atomic E-state index is 13.7. The number of hydrogen-bond donors (Lipinski definition) is 1. The second kappa shape index (κ2) is 8.85. The van der Waals surface area contributed by atoms with Gasteiger partial charge in [-0.3, -0.25) is 9.29 Å². The summed E-state index contributed by atoms with van der Waals surface area (Å²) < 4.78 is 88.5. The number of halogens is 4. The molecule has 0 saturated carbocycles. The highest BCUT2D eigenvalue weighted by Gasteiger charge is 2.36. The molecule has 178 valence electrons. The van der Waals surface area contributed by atoms with E-state index in [1.165, 1.54) is 37.5 Å². The molecule has 1 N–H and O–H groups in total. The van der Waals surface area contributed by atoms with Crippen LogP contribution in [0.5, 0.6) is 0 Å². The van der Waals surface area contributed by atoms with E-state index in [-0.39, 0.29) is 23.8 Å². The molecule has 0 fully saturated rings. The molecule has 0 aliphatic heterocycles. The lowest BCUT2D eigenvalue weighted by atomic mass is 10.1. The van der Waals surface area contributed by atoms with Crippen LogP contribution in [0.15, 0.2) is 59.5 Å². The fraction of sp³-hybridized carbons (Fsp3) is 0.200. The van der Waals surface area contributed by atoms with E-state index in [1.807, 2.05) is 0 Å². The predicted octanol–water partition coefficient (Wildman–Crippen LogP) is 3.85. The topological polar surface area (TPSA) is 116 Å². The summed E-state index contributed by atoms with van der Waals surface area (Å²) in [6.07, 6.45) is -1.85. The number of anilines is 1. The number of hydrogen-bond acceptors (Lipinski definition) is 7. The maximum Gasteiger partial charge on any atom is 0.418 e. The molecule has 9 nitrogen and oxygen atoms in total. The molecule has 0 bridgehead atoms. The summed E-state index contributed by atoms with van der Waals surface area (Å²) in [7, 11) is -4.21. The standard InChI is InChI=1S/C20H16F4N6O3S/c1-12(9-17-25-10-13(21)11-26-17)34(31,32)29-19-28-27-18(16-7-4-8-33-16)30(19)15-6-3-2-5-14(15)20(22,23)24/h2-8,10-12H,9H2,1H3,(H,28,29)/t12-/m1/s1. The molecule has 4 rings (SSSR count). The number of rotatable bonds is 7. The number of alkyl halides is 3. The van der Waals surface area contributed by atoms with E-state index >= 15 is 0 Å². The van der Waals surface area contributed by atoms with E-state index in [0.29, 0.717) is 0 Å². The average Bonchev–Trinajstić information content (AvgIpc) is 3.44. The Morgan fingerprint density at radius 2 is 1.79 bits per heavy atom. The first-order valence-corrected chi connectivity index (χ1v) is 11.2. The molecular formula is C20H16F4N6O3S. The smallest absolute Gasteiger partial charge is 0.418 e. The van der Waals surface area contributed by atoms with E-state index in [9.17, 15) is 26.0 Å². The number of sulfonamides is 1. The van der Waals surface area contributed by atoms with Crippen molar-refractivity contribution < 1.29 is 30.4 Å². The van der Waals surface area contributed by atoms with E-state index in [4.69, 9.17) is 4.42 Å². The summed E-state index contributed by atoms with van der Waals surface area (Å²) in [5.41, 5.74) is -1.44. The Morgan fingerprint density at radius 3 is 2.44 bits per heavy atom. The van der Waals surface area contributed by atoms with Gasteiger partial charge in [-0.1, -0.05) is 12.1 Å². The molecule has 1 aromatic carbocycles. The maximum atomic E-state index is 13.7. The average molecular weight is 496 g/mol. The lowest BCUT2D eigenvalue weighted by molar-refractivity contribution is -0.137. The minimum absolute atomic E-state index is 0.0689. The number of furan rings is 1. The van der Waals surface area contributed by atoms with Gasteiger partial charge in [0.1, 0.15) is 5.82 Å². The van der Waals surface area contributed by atoms with Gasteiger partial charge in [-0.25, -0.2) is 22.8 Å². The molecule has 0 aliphatic rings. The van der Waals surface area contributed by atoms with E-state index in [1.54, 1.807) is 0 Å². The van der Waals surface area contributed by atoms with Crippen LogP contribution in [0.4, 0.5) is 23.5 Å². The molecule has 0 spiro atoms. The van der Waals surface area contributed by atoms with Gasteiger partial charge in [-0.15, -0.1) is 10.2 Å². The molecule has 0 amide bonds. The minimum Gasteiger partial charge on any atom is -0.461 e. The van der Waals surface area contributed by atoms with Crippen molar-refractivity contribution in [2.24, 2.45) is 0 Å². The molecule has 0 saturated heterocycles. The number of aromatic nitrogens is 5. The fourth-order valence-electron chi connectivity index (χ4n) is 3.09. The Hall–Kier alpha value is -3.81. The SMILES string of the molecule is C[C@H](Cc1ncc(F)cn1)S(=O)(=O)Nc1nnc(-c2ccco2)n1-c1ccccc1C(F)(F)F. The van der Waals surface area contributed by atoms with E-state index in [0.717, 1.165) is 29.1 Å². The molecule has 0 unspecified atom stereocenters. The highest BCUT2D eigenvalue weighted by Crippen LogP contribution is 2.37. The van der Waals surface area contributed by atoms with Crippen LogP contribution in [-0.4, -0.2) is 38.4 Å². The van der Waals surface area contributed by atoms with E-state index in [2.05, 4.69) is 24.9 Å². The third-order valence-electron chi connectivity index (χ3n) is 4.76. The lowest BCUT2D eigenvalue weighted by Crippen LogP contribution is -2.29. The normalized spacial score (nSPS) is 13.1. The first kappa shape index (κ1) is 23.4. The van der Waals surface area contributed by atoms with Crippen LogP contribution >= 0.6 is 0 Å². The second-order valence-corrected chi connectivity index (χ2v) is 9.25. The van der Waals surface area contributed by atoms with Crippen LogP contribution in [0, 0.1) is 5.82 Å². The van der Waals surface area contributed by atoms with Crippen LogP contribution in [0.25, 0.3) is 17.3 Å². The van der Waals surface area contributed by atoms with Crippen molar-refractivity contribution in [3.63, 3.8) is 0 Å². The van der Waals surface area contributed by atoms with Crippen LogP contribution in [-0.2, 0) is 22.6 Å². The lowest BCUT2D eigenvalue weighted by Gasteiger charge is -2.18. The third kappa shape index (κ3) is 4.76. The van der Waals surface area contributed by atoms with Gasteiger partial charge in [-0.05, 0) is 31.2 Å². The molecule has 14 heteroatoms. The summed E-state index contributed by atoms with van der Waals surface area (Å²) in [6, 6.07) is 7.53. The molecule has 1 atom stereocenters. The van der Waals surface area contributed by atoms with Gasteiger partial charge in [0.05, 0.1) is 35.2 Å².